The van der Waals surface area contributed by atoms with Crippen LogP contribution >= 0.6 is 0 Å². The van der Waals surface area contributed by atoms with E-state index in [1.165, 1.54) is 16.7 Å². The highest BCUT2D eigenvalue weighted by Crippen LogP contribution is 2.33. The number of carbonyl (C=O) groups excluding carboxylic acids is 1. The van der Waals surface area contributed by atoms with E-state index in [9.17, 15) is 18.0 Å². The van der Waals surface area contributed by atoms with Gasteiger partial charge in [0.05, 0.1) is 18.5 Å². The Labute approximate surface area is 196 Å². The predicted octanol–water partition coefficient (Wildman–Crippen LogP) is 5.98. The molecule has 34 heavy (non-hydrogen) atoms. The molecule has 0 saturated carbocycles. The van der Waals surface area contributed by atoms with E-state index in [1.54, 1.807) is 64.2 Å². The first-order chi connectivity index (χ1) is 15.9. The van der Waals surface area contributed by atoms with Crippen molar-refractivity contribution in [1.29, 1.82) is 0 Å². The fraction of sp³-hybridized carbons (Fsp3) is 0.360. The molecule has 1 amide bonds. The number of alkyl halides is 3. The lowest BCUT2D eigenvalue weighted by Crippen LogP contribution is -2.35. The second kappa shape index (κ2) is 9.79. The van der Waals surface area contributed by atoms with Crippen LogP contribution in [0.15, 0.2) is 54.6 Å². The van der Waals surface area contributed by atoms with Crippen LogP contribution in [0.1, 0.15) is 32.0 Å². The monoisotopic (exact) mass is 475 g/mol. The molecule has 6 nitrogen and oxygen atoms in total. The van der Waals surface area contributed by atoms with Gasteiger partial charge in [-0.15, -0.1) is 0 Å². The quantitative estimate of drug-likeness (QED) is 0.440. The van der Waals surface area contributed by atoms with Crippen LogP contribution in [0.3, 0.4) is 0 Å². The lowest BCUT2D eigenvalue weighted by molar-refractivity contribution is -0.141. The Bertz CT molecular complexity index is 1120. The average molecular weight is 476 g/mol. The van der Waals surface area contributed by atoms with E-state index in [0.29, 0.717) is 35.7 Å². The Kier molecular flexibility index (Phi) is 7.24. The zero-order valence-corrected chi connectivity index (χ0v) is 19.8. The van der Waals surface area contributed by atoms with Gasteiger partial charge in [0, 0.05) is 19.2 Å². The lowest BCUT2D eigenvalue weighted by Gasteiger charge is -2.24. The maximum atomic E-state index is 13.4. The molecule has 2 aromatic carbocycles. The van der Waals surface area contributed by atoms with Crippen LogP contribution in [-0.4, -0.2) is 47.1 Å². The van der Waals surface area contributed by atoms with Crippen LogP contribution < -0.4 is 4.74 Å². The number of nitrogens with zero attached hydrogens (tertiary/aromatic N) is 3. The highest BCUT2D eigenvalue weighted by Gasteiger charge is 2.35. The molecule has 0 spiro atoms. The molecule has 0 atom stereocenters. The Morgan fingerprint density at radius 1 is 1.03 bits per heavy atom. The van der Waals surface area contributed by atoms with Crippen molar-refractivity contribution in [1.82, 2.24) is 14.7 Å². The number of carbonyl (C=O) groups is 1. The van der Waals surface area contributed by atoms with Crippen LogP contribution in [0.4, 0.5) is 18.0 Å². The molecule has 0 saturated heterocycles. The molecule has 0 unspecified atom stereocenters. The maximum Gasteiger partial charge on any atom is 0.435 e. The summed E-state index contributed by atoms with van der Waals surface area (Å²) in [4.78, 5) is 13.6. The van der Waals surface area contributed by atoms with Gasteiger partial charge in [-0.2, -0.15) is 18.3 Å². The van der Waals surface area contributed by atoms with Crippen LogP contribution in [0, 0.1) is 0 Å². The molecule has 0 bridgehead atoms. The number of methoxy groups -OCH3 is 1. The van der Waals surface area contributed by atoms with Crippen molar-refractivity contribution < 1.29 is 27.4 Å². The number of aromatic nitrogens is 2. The van der Waals surface area contributed by atoms with Gasteiger partial charge >= 0.3 is 12.3 Å². The van der Waals surface area contributed by atoms with E-state index >= 15 is 0 Å². The van der Waals surface area contributed by atoms with Crippen LogP contribution in [0.5, 0.6) is 5.75 Å². The van der Waals surface area contributed by atoms with Gasteiger partial charge < -0.3 is 14.4 Å². The summed E-state index contributed by atoms with van der Waals surface area (Å²) < 4.78 is 51.9. The summed E-state index contributed by atoms with van der Waals surface area (Å²) >= 11 is 0. The smallest absolute Gasteiger partial charge is 0.435 e. The van der Waals surface area contributed by atoms with Gasteiger partial charge in [0.1, 0.15) is 11.4 Å². The molecule has 0 aliphatic carbocycles. The van der Waals surface area contributed by atoms with Crippen molar-refractivity contribution in [3.8, 4) is 22.7 Å². The van der Waals surface area contributed by atoms with Gasteiger partial charge in [0.25, 0.3) is 0 Å². The summed E-state index contributed by atoms with van der Waals surface area (Å²) in [6.07, 6.45) is -4.41. The standard InChI is InChI=1S/C25H28F3N3O3/c1-24(2,3)34-23(32)30(4)15-14-17-6-8-18(9-7-17)21-16-22(25(26,27)28)29-31(21)19-10-12-20(33-5)13-11-19/h6-13,16H,14-15H2,1-5H3. The number of halogens is 3. The van der Waals surface area contributed by atoms with Gasteiger partial charge in [-0.1, -0.05) is 24.3 Å². The van der Waals surface area contributed by atoms with Crippen molar-refractivity contribution in [2.45, 2.75) is 39.0 Å². The van der Waals surface area contributed by atoms with Gasteiger partial charge in [-0.3, -0.25) is 0 Å². The van der Waals surface area contributed by atoms with Crippen LogP contribution in [0.2, 0.25) is 0 Å². The average Bonchev–Trinajstić information content (AvgIpc) is 3.23. The molecule has 0 N–H and O–H groups in total. The molecule has 0 fully saturated rings. The molecule has 0 radical (unpaired) electrons. The van der Waals surface area contributed by atoms with Crippen molar-refractivity contribution in [2.24, 2.45) is 0 Å². The van der Waals surface area contributed by atoms with E-state index in [4.69, 9.17) is 9.47 Å². The molecule has 0 aliphatic rings. The van der Waals surface area contributed by atoms with Gasteiger partial charge in [-0.25, -0.2) is 9.48 Å². The highest BCUT2D eigenvalue weighted by atomic mass is 19.4. The third-order valence-corrected chi connectivity index (χ3v) is 5.01. The second-order valence-corrected chi connectivity index (χ2v) is 8.87. The number of amides is 1. The first kappa shape index (κ1) is 25.1. The normalized spacial score (nSPS) is 11.9. The minimum Gasteiger partial charge on any atom is -0.497 e. The van der Waals surface area contributed by atoms with E-state index in [0.717, 1.165) is 11.6 Å². The molecule has 3 rings (SSSR count). The molecule has 9 heteroatoms. The molecule has 0 aliphatic heterocycles. The fourth-order valence-electron chi connectivity index (χ4n) is 3.22. The van der Waals surface area contributed by atoms with E-state index < -0.39 is 23.6 Å². The summed E-state index contributed by atoms with van der Waals surface area (Å²) in [5.41, 5.74) is 0.772. The Morgan fingerprint density at radius 3 is 2.18 bits per heavy atom. The summed E-state index contributed by atoms with van der Waals surface area (Å²) in [5, 5.41) is 3.81. The first-order valence-electron chi connectivity index (χ1n) is 10.7. The summed E-state index contributed by atoms with van der Waals surface area (Å²) in [6, 6.07) is 14.8. The van der Waals surface area contributed by atoms with Crippen molar-refractivity contribution in [2.75, 3.05) is 20.7 Å². The Balaban J connectivity index is 1.81. The fourth-order valence-corrected chi connectivity index (χ4v) is 3.22. The van der Waals surface area contributed by atoms with E-state index in [-0.39, 0.29) is 0 Å². The SMILES string of the molecule is COc1ccc(-n2nc(C(F)(F)F)cc2-c2ccc(CCN(C)C(=O)OC(C)(C)C)cc2)cc1. The van der Waals surface area contributed by atoms with Gasteiger partial charge in [0.2, 0.25) is 0 Å². The van der Waals surface area contributed by atoms with E-state index in [2.05, 4.69) is 5.10 Å². The summed E-state index contributed by atoms with van der Waals surface area (Å²) in [7, 11) is 3.18. The maximum absolute atomic E-state index is 13.4. The third kappa shape index (κ3) is 6.30. The van der Waals surface area contributed by atoms with Gasteiger partial charge in [-0.05, 0) is 63.1 Å². The number of rotatable bonds is 6. The van der Waals surface area contributed by atoms with Gasteiger partial charge in [0.15, 0.2) is 5.69 Å². The number of hydrogen-bond donors (Lipinski definition) is 0. The van der Waals surface area contributed by atoms with Crippen molar-refractivity contribution in [3.63, 3.8) is 0 Å². The summed E-state index contributed by atoms with van der Waals surface area (Å²) in [5.74, 6) is 0.592. The number of benzene rings is 2. The minimum atomic E-state index is -4.57. The van der Waals surface area contributed by atoms with Crippen molar-refractivity contribution >= 4 is 6.09 Å². The number of likely N-dealkylation sites (N-methyl/N-ethyl adjacent to an activating group) is 1. The van der Waals surface area contributed by atoms with Crippen LogP contribution in [0.25, 0.3) is 16.9 Å². The van der Waals surface area contributed by atoms with Crippen LogP contribution in [-0.2, 0) is 17.3 Å². The predicted molar refractivity (Wildman–Crippen MR) is 123 cm³/mol. The molecule has 1 aromatic heterocycles. The number of hydrogen-bond acceptors (Lipinski definition) is 4. The second-order valence-electron chi connectivity index (χ2n) is 8.87. The molecule has 1 heterocycles. The zero-order chi connectivity index (χ0) is 25.1. The highest BCUT2D eigenvalue weighted by molar-refractivity contribution is 5.67. The molecular weight excluding hydrogens is 447 g/mol. The topological polar surface area (TPSA) is 56.6 Å². The molecule has 3 aromatic rings. The Morgan fingerprint density at radius 2 is 1.65 bits per heavy atom. The van der Waals surface area contributed by atoms with Crippen molar-refractivity contribution in [3.05, 3.63) is 65.9 Å². The van der Waals surface area contributed by atoms with E-state index in [1.807, 2.05) is 12.1 Å². The Hall–Kier alpha value is -3.49. The lowest BCUT2D eigenvalue weighted by atomic mass is 10.1. The molecular formula is C25H28F3N3O3. The first-order valence-corrected chi connectivity index (χ1v) is 10.7. The summed E-state index contributed by atoms with van der Waals surface area (Å²) in [6.45, 7) is 5.85. The zero-order valence-electron chi connectivity index (χ0n) is 19.8. The largest absolute Gasteiger partial charge is 0.497 e. The minimum absolute atomic E-state index is 0.315. The third-order valence-electron chi connectivity index (χ3n) is 5.01. The molecule has 182 valence electrons. The number of ether oxygens (including phenoxy) is 2.